The van der Waals surface area contributed by atoms with E-state index in [-0.39, 0.29) is 0 Å². The van der Waals surface area contributed by atoms with Crippen LogP contribution in [0.5, 0.6) is 0 Å². The molecule has 2 rings (SSSR count). The molecule has 0 radical (unpaired) electrons. The van der Waals surface area contributed by atoms with E-state index >= 15 is 0 Å². The normalized spacial score (nSPS) is 27.0. The summed E-state index contributed by atoms with van der Waals surface area (Å²) in [7, 11) is 0. The van der Waals surface area contributed by atoms with Gasteiger partial charge in [-0.3, -0.25) is 0 Å². The van der Waals surface area contributed by atoms with Crippen molar-refractivity contribution in [2.75, 3.05) is 0 Å². The lowest BCUT2D eigenvalue weighted by molar-refractivity contribution is 0.163. The van der Waals surface area contributed by atoms with Crippen LogP contribution >= 0.6 is 0 Å². The fraction of sp³-hybridized carbons (Fsp3) is 0.786. The molecule has 1 aromatic heterocycles. The third-order valence-electron chi connectivity index (χ3n) is 3.99. The van der Waals surface area contributed by atoms with Crippen molar-refractivity contribution in [3.05, 3.63) is 17.8 Å². The Labute approximate surface area is 98.5 Å². The van der Waals surface area contributed by atoms with Crippen molar-refractivity contribution < 1.29 is 4.42 Å². The summed E-state index contributed by atoms with van der Waals surface area (Å²) in [4.78, 5) is 4.19. The summed E-state index contributed by atoms with van der Waals surface area (Å²) in [6.45, 7) is 8.99. The van der Waals surface area contributed by atoms with Crippen molar-refractivity contribution in [2.45, 2.75) is 59.3 Å². The lowest BCUT2D eigenvalue weighted by Crippen LogP contribution is -2.25. The first kappa shape index (κ1) is 11.7. The molecule has 1 aliphatic rings. The van der Waals surface area contributed by atoms with Gasteiger partial charge in [-0.25, -0.2) is 4.98 Å². The number of rotatable bonds is 1. The van der Waals surface area contributed by atoms with E-state index in [1.165, 1.54) is 25.7 Å². The highest BCUT2D eigenvalue weighted by molar-refractivity contribution is 5.03. The van der Waals surface area contributed by atoms with E-state index < -0.39 is 0 Å². The predicted molar refractivity (Wildman–Crippen MR) is 65.4 cm³/mol. The molecule has 0 spiro atoms. The van der Waals surface area contributed by atoms with Gasteiger partial charge in [0.25, 0.3) is 0 Å². The van der Waals surface area contributed by atoms with Gasteiger partial charge in [0.05, 0.1) is 6.20 Å². The molecule has 0 amide bonds. The van der Waals surface area contributed by atoms with Gasteiger partial charge >= 0.3 is 0 Å². The van der Waals surface area contributed by atoms with E-state index in [2.05, 4.69) is 25.8 Å². The molecule has 0 bridgehead atoms. The fourth-order valence-electron chi connectivity index (χ4n) is 2.81. The van der Waals surface area contributed by atoms with E-state index in [9.17, 15) is 0 Å². The molecule has 1 fully saturated rings. The summed E-state index contributed by atoms with van der Waals surface area (Å²) >= 11 is 0. The molecule has 0 atom stereocenters. The minimum atomic E-state index is 0.461. The Bertz CT molecular complexity index is 340. The number of hydrogen-bond donors (Lipinski definition) is 0. The Morgan fingerprint density at radius 2 is 1.81 bits per heavy atom. The molecule has 1 heterocycles. The molecule has 0 unspecified atom stereocenters. The molecule has 2 nitrogen and oxygen atoms in total. The van der Waals surface area contributed by atoms with Crippen molar-refractivity contribution in [3.63, 3.8) is 0 Å². The van der Waals surface area contributed by atoms with Crippen LogP contribution in [0.1, 0.15) is 64.0 Å². The largest absolute Gasteiger partial charge is 0.446 e. The van der Waals surface area contributed by atoms with Gasteiger partial charge in [-0.1, -0.05) is 20.8 Å². The van der Waals surface area contributed by atoms with Gasteiger partial charge in [0.1, 0.15) is 5.76 Å². The van der Waals surface area contributed by atoms with E-state index in [1.54, 1.807) is 0 Å². The van der Waals surface area contributed by atoms with Crippen LogP contribution in [0.4, 0.5) is 0 Å². The Morgan fingerprint density at radius 3 is 2.25 bits per heavy atom. The summed E-state index contributed by atoms with van der Waals surface area (Å²) in [6.07, 6.45) is 7.09. The smallest absolute Gasteiger partial charge is 0.191 e. The fourth-order valence-corrected chi connectivity index (χ4v) is 2.81. The van der Waals surface area contributed by atoms with Gasteiger partial charge in [-0.2, -0.15) is 0 Å². The first-order valence-corrected chi connectivity index (χ1v) is 6.39. The maximum Gasteiger partial charge on any atom is 0.191 e. The first-order chi connectivity index (χ1) is 7.47. The van der Waals surface area contributed by atoms with E-state index in [4.69, 9.17) is 4.42 Å². The summed E-state index contributed by atoms with van der Waals surface area (Å²) in [5, 5.41) is 0. The van der Waals surface area contributed by atoms with Crippen molar-refractivity contribution in [1.82, 2.24) is 4.98 Å². The SMILES string of the molecule is Cc1ncc([C@H]2CC[C@H](C(C)(C)C)CC2)o1. The number of aryl methyl sites for hydroxylation is 1. The topological polar surface area (TPSA) is 26.0 Å². The second-order valence-corrected chi connectivity index (χ2v) is 6.20. The van der Waals surface area contributed by atoms with Gasteiger partial charge in [-0.05, 0) is 37.0 Å². The molecule has 0 saturated heterocycles. The average molecular weight is 221 g/mol. The quantitative estimate of drug-likeness (QED) is 0.706. The van der Waals surface area contributed by atoms with E-state index in [0.717, 1.165) is 17.6 Å². The molecule has 0 aliphatic heterocycles. The van der Waals surface area contributed by atoms with Crippen molar-refractivity contribution >= 4 is 0 Å². The van der Waals surface area contributed by atoms with Crippen LogP contribution in [-0.2, 0) is 0 Å². The minimum Gasteiger partial charge on any atom is -0.446 e. The van der Waals surface area contributed by atoms with E-state index in [1.807, 2.05) is 13.1 Å². The maximum atomic E-state index is 5.63. The van der Waals surface area contributed by atoms with Gasteiger partial charge in [0, 0.05) is 12.8 Å². The zero-order valence-corrected chi connectivity index (χ0v) is 10.9. The van der Waals surface area contributed by atoms with Crippen LogP contribution in [0.3, 0.4) is 0 Å². The van der Waals surface area contributed by atoms with E-state index in [0.29, 0.717) is 11.3 Å². The molecule has 0 aromatic carbocycles. The highest BCUT2D eigenvalue weighted by atomic mass is 16.4. The number of oxazole rings is 1. The average Bonchev–Trinajstić information content (AvgIpc) is 2.64. The molecule has 1 aromatic rings. The maximum absolute atomic E-state index is 5.63. The third kappa shape index (κ3) is 2.47. The molecule has 0 N–H and O–H groups in total. The summed E-state index contributed by atoms with van der Waals surface area (Å²) < 4.78 is 5.63. The standard InChI is InChI=1S/C14H23NO/c1-10-15-9-13(16-10)11-5-7-12(8-6-11)14(2,3)4/h9,11-12H,5-8H2,1-4H3/t11-,12-. The Kier molecular flexibility index (Phi) is 3.09. The third-order valence-corrected chi connectivity index (χ3v) is 3.99. The van der Waals surface area contributed by atoms with Gasteiger partial charge in [-0.15, -0.1) is 0 Å². The lowest BCUT2D eigenvalue weighted by atomic mass is 9.69. The molecule has 1 saturated carbocycles. The molecular weight excluding hydrogens is 198 g/mol. The summed E-state index contributed by atoms with van der Waals surface area (Å²) in [6, 6.07) is 0. The molecular formula is C14H23NO. The Morgan fingerprint density at radius 1 is 1.19 bits per heavy atom. The van der Waals surface area contributed by atoms with Crippen molar-refractivity contribution in [3.8, 4) is 0 Å². The molecule has 2 heteroatoms. The van der Waals surface area contributed by atoms with Gasteiger partial charge < -0.3 is 4.42 Å². The van der Waals surface area contributed by atoms with Crippen LogP contribution in [0.25, 0.3) is 0 Å². The van der Waals surface area contributed by atoms with Gasteiger partial charge in [0.2, 0.25) is 0 Å². The minimum absolute atomic E-state index is 0.461. The van der Waals surface area contributed by atoms with Gasteiger partial charge in [0.15, 0.2) is 5.89 Å². The number of aromatic nitrogens is 1. The zero-order valence-electron chi connectivity index (χ0n) is 10.9. The monoisotopic (exact) mass is 221 g/mol. The molecule has 1 aliphatic carbocycles. The van der Waals surface area contributed by atoms with Crippen LogP contribution in [0.2, 0.25) is 0 Å². The first-order valence-electron chi connectivity index (χ1n) is 6.39. The second kappa shape index (κ2) is 4.23. The Balaban J connectivity index is 1.95. The Hall–Kier alpha value is -0.790. The van der Waals surface area contributed by atoms with Crippen LogP contribution in [0.15, 0.2) is 10.6 Å². The molecule has 16 heavy (non-hydrogen) atoms. The summed E-state index contributed by atoms with van der Waals surface area (Å²) in [5.74, 6) is 3.38. The van der Waals surface area contributed by atoms with Crippen LogP contribution in [-0.4, -0.2) is 4.98 Å². The molecule has 90 valence electrons. The highest BCUT2D eigenvalue weighted by Gasteiger charge is 2.31. The van der Waals surface area contributed by atoms with Crippen molar-refractivity contribution in [1.29, 1.82) is 0 Å². The van der Waals surface area contributed by atoms with Crippen LogP contribution < -0.4 is 0 Å². The van der Waals surface area contributed by atoms with Crippen LogP contribution in [0, 0.1) is 18.3 Å². The predicted octanol–water partition coefficient (Wildman–Crippen LogP) is 4.30. The second-order valence-electron chi connectivity index (χ2n) is 6.20. The zero-order chi connectivity index (χ0) is 11.8. The number of nitrogens with zero attached hydrogens (tertiary/aromatic N) is 1. The lowest BCUT2D eigenvalue weighted by Gasteiger charge is -2.36. The number of hydrogen-bond acceptors (Lipinski definition) is 2. The highest BCUT2D eigenvalue weighted by Crippen LogP contribution is 2.43. The summed E-state index contributed by atoms with van der Waals surface area (Å²) in [5.41, 5.74) is 0.461. The van der Waals surface area contributed by atoms with Crippen molar-refractivity contribution in [2.24, 2.45) is 11.3 Å².